The minimum absolute atomic E-state index is 0.0508. The summed E-state index contributed by atoms with van der Waals surface area (Å²) in [5, 5.41) is 0. The Morgan fingerprint density at radius 1 is 1.16 bits per heavy atom. The van der Waals surface area contributed by atoms with E-state index in [0.29, 0.717) is 44.1 Å². The second kappa shape index (κ2) is 7.62. The van der Waals surface area contributed by atoms with E-state index >= 15 is 0 Å². The summed E-state index contributed by atoms with van der Waals surface area (Å²) >= 11 is 0. The topological polar surface area (TPSA) is 62.6 Å². The standard InChI is InChI=1S/C24H26FN3O3/c1-2-21(29)26-10-9-20-16(13-26)14-28(18-7-4-17(25)5-8-18)24(31)22(20)23(30)27-12-15-3-6-19(27)11-15/h4-5,7-8,14-15,19H,2-3,6,9-13H2,1H3/t15-,19-/m0/s1. The van der Waals surface area contributed by atoms with Crippen LogP contribution in [0.15, 0.2) is 35.3 Å². The molecular weight excluding hydrogens is 397 g/mol. The van der Waals surface area contributed by atoms with Crippen molar-refractivity contribution in [2.45, 2.75) is 51.6 Å². The van der Waals surface area contributed by atoms with Crippen LogP contribution < -0.4 is 5.56 Å². The monoisotopic (exact) mass is 423 g/mol. The Labute approximate surface area is 180 Å². The van der Waals surface area contributed by atoms with Gasteiger partial charge >= 0.3 is 0 Å². The van der Waals surface area contributed by atoms with Gasteiger partial charge < -0.3 is 9.80 Å². The number of halogens is 1. The van der Waals surface area contributed by atoms with Gasteiger partial charge in [0.05, 0.1) is 0 Å². The number of likely N-dealkylation sites (tertiary alicyclic amines) is 1. The molecule has 0 unspecified atom stereocenters. The van der Waals surface area contributed by atoms with E-state index in [9.17, 15) is 18.8 Å². The van der Waals surface area contributed by atoms with Gasteiger partial charge in [0.15, 0.2) is 0 Å². The van der Waals surface area contributed by atoms with E-state index in [2.05, 4.69) is 0 Å². The number of benzene rings is 1. The zero-order valence-corrected chi connectivity index (χ0v) is 17.6. The number of hydrogen-bond donors (Lipinski definition) is 0. The summed E-state index contributed by atoms with van der Waals surface area (Å²) in [6.45, 7) is 3.42. The summed E-state index contributed by atoms with van der Waals surface area (Å²) in [6, 6.07) is 5.89. The van der Waals surface area contributed by atoms with Crippen molar-refractivity contribution >= 4 is 11.8 Å². The first-order valence-corrected chi connectivity index (χ1v) is 11.1. The number of piperidine rings is 1. The molecule has 1 aromatic heterocycles. The lowest BCUT2D eigenvalue weighted by atomic mass is 9.95. The Kier molecular flexibility index (Phi) is 4.91. The molecule has 2 bridgehead atoms. The number of carbonyl (C=O) groups is 2. The summed E-state index contributed by atoms with van der Waals surface area (Å²) in [6.07, 6.45) is 5.78. The SMILES string of the molecule is CCC(=O)N1CCc2c(cn(-c3ccc(F)cc3)c(=O)c2C(=O)N2C[C@H]3CC[C@H]2C3)C1. The van der Waals surface area contributed by atoms with Crippen molar-refractivity contribution in [3.8, 4) is 5.69 Å². The number of pyridine rings is 1. The second-order valence-electron chi connectivity index (χ2n) is 8.87. The number of aromatic nitrogens is 1. The van der Waals surface area contributed by atoms with Crippen LogP contribution in [0.1, 0.15) is 54.1 Å². The van der Waals surface area contributed by atoms with Gasteiger partial charge in [-0.25, -0.2) is 4.39 Å². The number of amides is 2. The third kappa shape index (κ3) is 3.36. The third-order valence-electron chi connectivity index (χ3n) is 7.04. The highest BCUT2D eigenvalue weighted by atomic mass is 19.1. The van der Waals surface area contributed by atoms with Crippen molar-refractivity contribution in [2.75, 3.05) is 13.1 Å². The van der Waals surface area contributed by atoms with Gasteiger partial charge in [-0.05, 0) is 67.0 Å². The van der Waals surface area contributed by atoms with Crippen LogP contribution in [0.5, 0.6) is 0 Å². The van der Waals surface area contributed by atoms with E-state index in [1.165, 1.54) is 28.8 Å². The number of rotatable bonds is 3. The second-order valence-corrected chi connectivity index (χ2v) is 8.87. The van der Waals surface area contributed by atoms with Crippen molar-refractivity contribution in [3.63, 3.8) is 0 Å². The van der Waals surface area contributed by atoms with Crippen LogP contribution >= 0.6 is 0 Å². The Morgan fingerprint density at radius 3 is 2.58 bits per heavy atom. The lowest BCUT2D eigenvalue weighted by Gasteiger charge is -2.32. The molecule has 31 heavy (non-hydrogen) atoms. The van der Waals surface area contributed by atoms with Crippen LogP contribution in [-0.2, 0) is 17.8 Å². The molecule has 0 N–H and O–H groups in total. The van der Waals surface area contributed by atoms with Gasteiger partial charge in [-0.1, -0.05) is 6.92 Å². The molecule has 2 aromatic rings. The van der Waals surface area contributed by atoms with Crippen LogP contribution in [0, 0.1) is 11.7 Å². The molecule has 0 spiro atoms. The minimum atomic E-state index is -0.390. The van der Waals surface area contributed by atoms with Crippen LogP contribution in [0.3, 0.4) is 0 Å². The van der Waals surface area contributed by atoms with Crippen molar-refractivity contribution in [2.24, 2.45) is 5.92 Å². The predicted octanol–water partition coefficient (Wildman–Crippen LogP) is 2.90. The van der Waals surface area contributed by atoms with Crippen molar-refractivity contribution in [1.82, 2.24) is 14.4 Å². The molecule has 1 saturated heterocycles. The maximum atomic E-state index is 13.6. The summed E-state index contributed by atoms with van der Waals surface area (Å²) in [5.74, 6) is -0.000519. The summed E-state index contributed by atoms with van der Waals surface area (Å²) in [4.78, 5) is 43.1. The Morgan fingerprint density at radius 2 is 1.94 bits per heavy atom. The maximum absolute atomic E-state index is 13.6. The van der Waals surface area contributed by atoms with Gasteiger partial charge in [0, 0.05) is 44.0 Å². The molecule has 6 nitrogen and oxygen atoms in total. The molecule has 0 radical (unpaired) electrons. The average molecular weight is 423 g/mol. The van der Waals surface area contributed by atoms with Gasteiger partial charge in [0.2, 0.25) is 5.91 Å². The number of carbonyl (C=O) groups excluding carboxylic acids is 2. The van der Waals surface area contributed by atoms with E-state index < -0.39 is 0 Å². The number of hydrogen-bond acceptors (Lipinski definition) is 3. The Bertz CT molecular complexity index is 1110. The molecule has 2 amide bonds. The first kappa shape index (κ1) is 20.0. The first-order valence-electron chi connectivity index (χ1n) is 11.1. The van der Waals surface area contributed by atoms with Crippen molar-refractivity contribution in [1.29, 1.82) is 0 Å². The zero-order valence-electron chi connectivity index (χ0n) is 17.6. The molecule has 3 aliphatic rings. The van der Waals surface area contributed by atoms with E-state index in [1.54, 1.807) is 11.1 Å². The fourth-order valence-corrected chi connectivity index (χ4v) is 5.42. The predicted molar refractivity (Wildman–Crippen MR) is 114 cm³/mol. The van der Waals surface area contributed by atoms with Crippen LogP contribution in [0.4, 0.5) is 4.39 Å². The summed E-state index contributed by atoms with van der Waals surface area (Å²) in [5.41, 5.74) is 1.93. The molecule has 2 aliphatic heterocycles. The highest BCUT2D eigenvalue weighted by Gasteiger charge is 2.42. The normalized spacial score (nSPS) is 22.0. The lowest BCUT2D eigenvalue weighted by Crippen LogP contribution is -2.44. The molecule has 1 saturated carbocycles. The van der Waals surface area contributed by atoms with E-state index in [1.807, 2.05) is 11.8 Å². The van der Waals surface area contributed by atoms with Gasteiger partial charge in [0.1, 0.15) is 11.4 Å². The average Bonchev–Trinajstić information content (AvgIpc) is 3.42. The quantitative estimate of drug-likeness (QED) is 0.763. The minimum Gasteiger partial charge on any atom is -0.338 e. The summed E-state index contributed by atoms with van der Waals surface area (Å²) < 4.78 is 14.9. The molecule has 1 aliphatic carbocycles. The van der Waals surface area contributed by atoms with E-state index in [4.69, 9.17) is 0 Å². The van der Waals surface area contributed by atoms with Crippen molar-refractivity contribution < 1.29 is 14.0 Å². The fourth-order valence-electron chi connectivity index (χ4n) is 5.42. The maximum Gasteiger partial charge on any atom is 0.268 e. The molecule has 162 valence electrons. The van der Waals surface area contributed by atoms with E-state index in [-0.39, 0.29) is 34.8 Å². The number of fused-ring (bicyclic) bond motifs is 3. The molecule has 2 atom stereocenters. The van der Waals surface area contributed by atoms with Crippen LogP contribution in [0.2, 0.25) is 0 Å². The number of nitrogens with zero attached hydrogens (tertiary/aromatic N) is 3. The van der Waals surface area contributed by atoms with Crippen LogP contribution in [-0.4, -0.2) is 45.3 Å². The molecule has 1 aromatic carbocycles. The largest absolute Gasteiger partial charge is 0.338 e. The summed E-state index contributed by atoms with van der Waals surface area (Å²) in [7, 11) is 0. The fraction of sp³-hybridized carbons (Fsp3) is 0.458. The molecule has 7 heteroatoms. The first-order chi connectivity index (χ1) is 15.0. The molecule has 3 heterocycles. The lowest BCUT2D eigenvalue weighted by molar-refractivity contribution is -0.131. The molecule has 5 rings (SSSR count). The van der Waals surface area contributed by atoms with Gasteiger partial charge in [-0.15, -0.1) is 0 Å². The highest BCUT2D eigenvalue weighted by Crippen LogP contribution is 2.38. The Balaban J connectivity index is 1.63. The third-order valence-corrected chi connectivity index (χ3v) is 7.04. The van der Waals surface area contributed by atoms with Crippen LogP contribution in [0.25, 0.3) is 5.69 Å². The van der Waals surface area contributed by atoms with E-state index in [0.717, 1.165) is 30.4 Å². The zero-order chi connectivity index (χ0) is 21.7. The highest BCUT2D eigenvalue weighted by molar-refractivity contribution is 5.96. The molecular formula is C24H26FN3O3. The molecule has 2 fully saturated rings. The van der Waals surface area contributed by atoms with Gasteiger partial charge in [-0.2, -0.15) is 0 Å². The van der Waals surface area contributed by atoms with Crippen molar-refractivity contribution in [3.05, 3.63) is 63.3 Å². The van der Waals surface area contributed by atoms with Gasteiger partial charge in [0.25, 0.3) is 11.5 Å². The van der Waals surface area contributed by atoms with Gasteiger partial charge in [-0.3, -0.25) is 19.0 Å². The Hall–Kier alpha value is -2.96. The smallest absolute Gasteiger partial charge is 0.268 e.